The fraction of sp³-hybridized carbons (Fsp3) is 0.333. The first kappa shape index (κ1) is 14.6. The molecule has 0 aliphatic carbocycles. The second-order valence-electron chi connectivity index (χ2n) is 5.31. The first-order chi connectivity index (χ1) is 9.89. The van der Waals surface area contributed by atoms with Crippen molar-refractivity contribution in [2.75, 3.05) is 10.8 Å². The summed E-state index contributed by atoms with van der Waals surface area (Å²) in [4.78, 5) is 0.967. The summed E-state index contributed by atoms with van der Waals surface area (Å²) < 4.78 is 27.4. The molecule has 21 heavy (non-hydrogen) atoms. The van der Waals surface area contributed by atoms with Gasteiger partial charge in [-0.25, -0.2) is 8.42 Å². The third-order valence-corrected chi connectivity index (χ3v) is 6.96. The lowest BCUT2D eigenvalue weighted by molar-refractivity contribution is 0.166. The quantitative estimate of drug-likeness (QED) is 0.924. The van der Waals surface area contributed by atoms with Crippen molar-refractivity contribution in [3.05, 3.63) is 46.3 Å². The van der Waals surface area contributed by atoms with Gasteiger partial charge in [-0.3, -0.25) is 4.31 Å². The van der Waals surface area contributed by atoms with Gasteiger partial charge in [-0.05, 0) is 38.5 Å². The number of aliphatic hydroxyl groups is 1. The normalized spacial score (nSPS) is 18.6. The van der Waals surface area contributed by atoms with Crippen LogP contribution in [0.1, 0.15) is 28.5 Å². The Hall–Kier alpha value is -1.37. The average Bonchev–Trinajstić information content (AvgIpc) is 2.87. The maximum atomic E-state index is 12.8. The molecule has 1 aliphatic heterocycles. The molecular weight excluding hydrogens is 306 g/mol. The van der Waals surface area contributed by atoms with Crippen molar-refractivity contribution in [1.29, 1.82) is 0 Å². The molecule has 1 aliphatic rings. The molecule has 0 saturated heterocycles. The van der Waals surface area contributed by atoms with Crippen LogP contribution in [0.15, 0.2) is 34.5 Å². The van der Waals surface area contributed by atoms with Crippen LogP contribution in [0, 0.1) is 13.8 Å². The minimum absolute atomic E-state index is 0.302. The van der Waals surface area contributed by atoms with Gasteiger partial charge in [0.15, 0.2) is 0 Å². The number of hydrogen-bond donors (Lipinski definition) is 1. The van der Waals surface area contributed by atoms with E-state index in [4.69, 9.17) is 0 Å². The lowest BCUT2D eigenvalue weighted by Gasteiger charge is -2.32. The van der Waals surface area contributed by atoms with Crippen molar-refractivity contribution in [3.8, 4) is 0 Å². The molecule has 0 amide bonds. The Morgan fingerprint density at radius 3 is 2.67 bits per heavy atom. The molecule has 3 rings (SSSR count). The van der Waals surface area contributed by atoms with E-state index in [0.29, 0.717) is 28.4 Å². The summed E-state index contributed by atoms with van der Waals surface area (Å²) in [5.41, 5.74) is 2.29. The summed E-state index contributed by atoms with van der Waals surface area (Å²) >= 11 is 1.27. The number of fused-ring (bicyclic) bond motifs is 1. The smallest absolute Gasteiger partial charge is 0.273 e. The van der Waals surface area contributed by atoms with Crippen LogP contribution in [0.5, 0.6) is 0 Å². The van der Waals surface area contributed by atoms with E-state index in [-0.39, 0.29) is 0 Å². The van der Waals surface area contributed by atoms with Gasteiger partial charge in [0.25, 0.3) is 10.0 Å². The van der Waals surface area contributed by atoms with Crippen molar-refractivity contribution >= 4 is 27.0 Å². The fourth-order valence-electron chi connectivity index (χ4n) is 2.59. The van der Waals surface area contributed by atoms with Crippen LogP contribution in [-0.4, -0.2) is 20.1 Å². The molecule has 1 aromatic carbocycles. The van der Waals surface area contributed by atoms with Gasteiger partial charge in [-0.15, -0.1) is 11.3 Å². The Labute approximate surface area is 128 Å². The minimum atomic E-state index is -3.55. The highest BCUT2D eigenvalue weighted by molar-refractivity contribution is 7.94. The molecule has 0 spiro atoms. The maximum absolute atomic E-state index is 12.8. The van der Waals surface area contributed by atoms with Gasteiger partial charge >= 0.3 is 0 Å². The topological polar surface area (TPSA) is 57.6 Å². The molecule has 1 N–H and O–H groups in total. The van der Waals surface area contributed by atoms with E-state index < -0.39 is 16.1 Å². The van der Waals surface area contributed by atoms with Crippen LogP contribution in [0.25, 0.3) is 0 Å². The lowest BCUT2D eigenvalue weighted by atomic mass is 9.99. The summed E-state index contributed by atoms with van der Waals surface area (Å²) in [5.74, 6) is 0. The standard InChI is InChI=1S/C15H17NO3S2/c1-10-3-5-13-12(9-10)14(17)7-8-16(13)21(18,19)15-6-4-11(2)20-15/h3-6,9,14,17H,7-8H2,1-2H3. The number of nitrogens with zero attached hydrogens (tertiary/aromatic N) is 1. The molecule has 2 heterocycles. The number of hydrogen-bond acceptors (Lipinski definition) is 4. The van der Waals surface area contributed by atoms with Gasteiger partial charge in [-0.2, -0.15) is 0 Å². The summed E-state index contributed by atoms with van der Waals surface area (Å²) in [5, 5.41) is 10.1. The van der Waals surface area contributed by atoms with E-state index >= 15 is 0 Å². The Bertz CT molecular complexity index is 780. The number of anilines is 1. The molecule has 6 heteroatoms. The number of thiophene rings is 1. The summed E-state index contributed by atoms with van der Waals surface area (Å²) in [7, 11) is -3.55. The molecule has 1 atom stereocenters. The van der Waals surface area contributed by atoms with Crippen LogP contribution in [0.4, 0.5) is 5.69 Å². The van der Waals surface area contributed by atoms with Crippen molar-refractivity contribution in [2.45, 2.75) is 30.6 Å². The number of aryl methyl sites for hydroxylation is 2. The summed E-state index contributed by atoms with van der Waals surface area (Å²) in [6.45, 7) is 4.13. The van der Waals surface area contributed by atoms with Gasteiger partial charge in [0.05, 0.1) is 11.8 Å². The molecule has 2 aromatic rings. The number of aliphatic hydroxyl groups excluding tert-OH is 1. The third kappa shape index (κ3) is 2.47. The first-order valence-electron chi connectivity index (χ1n) is 6.77. The molecule has 0 fully saturated rings. The predicted octanol–water partition coefficient (Wildman–Crippen LogP) is 3.00. The van der Waals surface area contributed by atoms with Gasteiger partial charge < -0.3 is 5.11 Å². The van der Waals surface area contributed by atoms with Crippen molar-refractivity contribution in [1.82, 2.24) is 0 Å². The largest absolute Gasteiger partial charge is 0.388 e. The van der Waals surface area contributed by atoms with Crippen LogP contribution in [0.2, 0.25) is 0 Å². The minimum Gasteiger partial charge on any atom is -0.388 e. The Balaban J connectivity index is 2.11. The van der Waals surface area contributed by atoms with Gasteiger partial charge in [0, 0.05) is 17.0 Å². The molecule has 0 bridgehead atoms. The third-order valence-electron chi connectivity index (χ3n) is 3.68. The van der Waals surface area contributed by atoms with E-state index in [1.165, 1.54) is 15.6 Å². The van der Waals surface area contributed by atoms with Crippen molar-refractivity contribution in [3.63, 3.8) is 0 Å². The maximum Gasteiger partial charge on any atom is 0.273 e. The zero-order valence-corrected chi connectivity index (χ0v) is 13.5. The Kier molecular flexibility index (Phi) is 3.55. The molecule has 112 valence electrons. The molecule has 1 aromatic heterocycles. The van der Waals surface area contributed by atoms with Gasteiger partial charge in [0.2, 0.25) is 0 Å². The van der Waals surface area contributed by atoms with Crippen LogP contribution >= 0.6 is 11.3 Å². The van der Waals surface area contributed by atoms with E-state index in [2.05, 4.69) is 0 Å². The van der Waals surface area contributed by atoms with E-state index in [9.17, 15) is 13.5 Å². The van der Waals surface area contributed by atoms with E-state index in [1.54, 1.807) is 12.1 Å². The highest BCUT2D eigenvalue weighted by atomic mass is 32.2. The Morgan fingerprint density at radius 2 is 2.00 bits per heavy atom. The molecule has 4 nitrogen and oxygen atoms in total. The van der Waals surface area contributed by atoms with Crippen molar-refractivity contribution in [2.24, 2.45) is 0 Å². The second-order valence-corrected chi connectivity index (χ2v) is 8.69. The lowest BCUT2D eigenvalue weighted by Crippen LogP contribution is -2.36. The second kappa shape index (κ2) is 5.12. The zero-order chi connectivity index (χ0) is 15.2. The zero-order valence-electron chi connectivity index (χ0n) is 11.9. The summed E-state index contributed by atoms with van der Waals surface area (Å²) in [6, 6.07) is 8.98. The molecular formula is C15H17NO3S2. The first-order valence-corrected chi connectivity index (χ1v) is 9.03. The van der Waals surface area contributed by atoms with Gasteiger partial charge in [-0.1, -0.05) is 17.7 Å². The Morgan fingerprint density at radius 1 is 1.24 bits per heavy atom. The highest BCUT2D eigenvalue weighted by Crippen LogP contribution is 2.38. The predicted molar refractivity (Wildman–Crippen MR) is 84.3 cm³/mol. The monoisotopic (exact) mass is 323 g/mol. The number of benzene rings is 1. The van der Waals surface area contributed by atoms with Crippen molar-refractivity contribution < 1.29 is 13.5 Å². The van der Waals surface area contributed by atoms with E-state index in [1.807, 2.05) is 32.0 Å². The SMILES string of the molecule is Cc1ccc2c(c1)C(O)CCN2S(=O)(=O)c1ccc(C)s1. The van der Waals surface area contributed by atoms with Crippen LogP contribution in [-0.2, 0) is 10.0 Å². The van der Waals surface area contributed by atoms with Crippen LogP contribution in [0.3, 0.4) is 0 Å². The molecule has 1 unspecified atom stereocenters. The highest BCUT2D eigenvalue weighted by Gasteiger charge is 2.33. The van der Waals surface area contributed by atoms with Gasteiger partial charge in [0.1, 0.15) is 4.21 Å². The fourth-order valence-corrected chi connectivity index (χ4v) is 5.50. The number of rotatable bonds is 2. The van der Waals surface area contributed by atoms with Crippen LogP contribution < -0.4 is 4.31 Å². The molecule has 0 saturated carbocycles. The van der Waals surface area contributed by atoms with E-state index in [0.717, 1.165) is 10.4 Å². The average molecular weight is 323 g/mol. The molecule has 0 radical (unpaired) electrons. The summed E-state index contributed by atoms with van der Waals surface area (Å²) in [6.07, 6.45) is -0.184. The number of sulfonamides is 1.